The molecule has 1 saturated carbocycles. The van der Waals surface area contributed by atoms with Crippen molar-refractivity contribution in [3.8, 4) is 0 Å². The Kier molecular flexibility index (Phi) is 4.91. The van der Waals surface area contributed by atoms with Gasteiger partial charge in [0, 0.05) is 36.3 Å². The zero-order chi connectivity index (χ0) is 16.2. The highest BCUT2D eigenvalue weighted by molar-refractivity contribution is 5.75. The zero-order valence-electron chi connectivity index (χ0n) is 13.6. The Balaban J connectivity index is 1.96. The average Bonchev–Trinajstić information content (AvgIpc) is 2.57. The molecule has 23 heavy (non-hydrogen) atoms. The van der Waals surface area contributed by atoms with Crippen molar-refractivity contribution >= 4 is 17.0 Å². The third-order valence-electron chi connectivity index (χ3n) is 4.48. The van der Waals surface area contributed by atoms with Gasteiger partial charge in [0.15, 0.2) is 0 Å². The molecule has 2 N–H and O–H groups in total. The lowest BCUT2D eigenvalue weighted by atomic mass is 9.96. The van der Waals surface area contributed by atoms with Gasteiger partial charge in [-0.1, -0.05) is 19.3 Å². The predicted octanol–water partition coefficient (Wildman–Crippen LogP) is 2.23. The Bertz CT molecular complexity index is 735. The number of fused-ring (bicyclic) bond motifs is 1. The Labute approximate surface area is 135 Å². The fourth-order valence-corrected chi connectivity index (χ4v) is 3.24. The van der Waals surface area contributed by atoms with E-state index in [4.69, 9.17) is 5.11 Å². The minimum Gasteiger partial charge on any atom is -0.396 e. The molecule has 0 bridgehead atoms. The van der Waals surface area contributed by atoms with Gasteiger partial charge in [-0.25, -0.2) is 4.98 Å². The first kappa shape index (κ1) is 15.9. The van der Waals surface area contributed by atoms with E-state index in [1.54, 1.807) is 17.7 Å². The number of nitrogens with zero attached hydrogens (tertiary/aromatic N) is 3. The molecule has 2 heterocycles. The number of aromatic nitrogens is 3. The Morgan fingerprint density at radius 3 is 2.87 bits per heavy atom. The van der Waals surface area contributed by atoms with Crippen molar-refractivity contribution in [3.05, 3.63) is 28.2 Å². The minimum absolute atomic E-state index is 0.0479. The molecule has 0 aliphatic heterocycles. The second-order valence-corrected chi connectivity index (χ2v) is 6.31. The van der Waals surface area contributed by atoms with E-state index in [-0.39, 0.29) is 12.2 Å². The largest absolute Gasteiger partial charge is 0.396 e. The molecule has 1 aliphatic rings. The molecule has 0 atom stereocenters. The lowest BCUT2D eigenvalue weighted by Crippen LogP contribution is -2.26. The highest BCUT2D eigenvalue weighted by Crippen LogP contribution is 2.21. The molecular formula is C17H24N4O2. The molecule has 3 rings (SSSR count). The van der Waals surface area contributed by atoms with Crippen LogP contribution < -0.4 is 10.9 Å². The van der Waals surface area contributed by atoms with E-state index < -0.39 is 0 Å². The molecule has 1 fully saturated rings. The summed E-state index contributed by atoms with van der Waals surface area (Å²) < 4.78 is 1.65. The van der Waals surface area contributed by atoms with Crippen LogP contribution in [0.25, 0.3) is 11.0 Å². The smallest absolute Gasteiger partial charge is 0.255 e. The molecule has 0 spiro atoms. The number of aliphatic hydroxyl groups excluding tert-OH is 1. The summed E-state index contributed by atoms with van der Waals surface area (Å²) in [6, 6.07) is 2.25. The molecule has 6 nitrogen and oxygen atoms in total. The maximum atomic E-state index is 12.4. The third kappa shape index (κ3) is 3.52. The van der Waals surface area contributed by atoms with Crippen LogP contribution in [0.1, 0.15) is 44.1 Å². The summed E-state index contributed by atoms with van der Waals surface area (Å²) in [5.74, 6) is 0.588. The predicted molar refractivity (Wildman–Crippen MR) is 90.7 cm³/mol. The first-order chi connectivity index (χ1) is 11.2. The summed E-state index contributed by atoms with van der Waals surface area (Å²) in [4.78, 5) is 21.4. The van der Waals surface area contributed by atoms with E-state index in [0.717, 1.165) is 18.2 Å². The summed E-state index contributed by atoms with van der Waals surface area (Å²) in [5.41, 5.74) is 1.27. The molecule has 0 unspecified atom stereocenters. The van der Waals surface area contributed by atoms with Crippen LogP contribution in [-0.4, -0.2) is 32.3 Å². The molecule has 0 radical (unpaired) electrons. The van der Waals surface area contributed by atoms with Crippen molar-refractivity contribution in [2.24, 2.45) is 0 Å². The van der Waals surface area contributed by atoms with Gasteiger partial charge in [0.25, 0.3) is 5.56 Å². The lowest BCUT2D eigenvalue weighted by molar-refractivity contribution is 0.279. The highest BCUT2D eigenvalue weighted by Gasteiger charge is 2.15. The summed E-state index contributed by atoms with van der Waals surface area (Å²) in [6.45, 7) is 2.32. The Morgan fingerprint density at radius 1 is 1.35 bits per heavy atom. The van der Waals surface area contributed by atoms with Crippen LogP contribution in [0.5, 0.6) is 0 Å². The minimum atomic E-state index is -0.0479. The number of pyridine rings is 1. The van der Waals surface area contributed by atoms with E-state index in [0.29, 0.717) is 36.2 Å². The quantitative estimate of drug-likeness (QED) is 0.884. The summed E-state index contributed by atoms with van der Waals surface area (Å²) in [7, 11) is 0. The highest BCUT2D eigenvalue weighted by atomic mass is 16.3. The van der Waals surface area contributed by atoms with Crippen molar-refractivity contribution in [1.29, 1.82) is 0 Å². The van der Waals surface area contributed by atoms with Gasteiger partial charge in [0.1, 0.15) is 5.65 Å². The molecule has 0 aromatic carbocycles. The van der Waals surface area contributed by atoms with Crippen molar-refractivity contribution in [3.63, 3.8) is 0 Å². The van der Waals surface area contributed by atoms with Crippen molar-refractivity contribution in [2.45, 2.75) is 58.0 Å². The van der Waals surface area contributed by atoms with E-state index in [1.165, 1.54) is 19.3 Å². The third-order valence-corrected chi connectivity index (χ3v) is 4.48. The van der Waals surface area contributed by atoms with Crippen LogP contribution in [0.2, 0.25) is 0 Å². The second kappa shape index (κ2) is 7.08. The average molecular weight is 316 g/mol. The fourth-order valence-electron chi connectivity index (χ4n) is 3.24. The fraction of sp³-hybridized carbons (Fsp3) is 0.588. The first-order valence-corrected chi connectivity index (χ1v) is 8.43. The van der Waals surface area contributed by atoms with Gasteiger partial charge in [-0.3, -0.25) is 9.36 Å². The normalized spacial score (nSPS) is 15.9. The molecule has 2 aromatic rings. The van der Waals surface area contributed by atoms with Crippen LogP contribution in [0.3, 0.4) is 0 Å². The number of rotatable bonds is 5. The van der Waals surface area contributed by atoms with Crippen molar-refractivity contribution < 1.29 is 5.11 Å². The van der Waals surface area contributed by atoms with E-state index in [1.807, 2.05) is 6.07 Å². The molecular weight excluding hydrogens is 292 g/mol. The standard InChI is InChI=1S/C17H24N4O2/c1-12-10-13-11-18-17(19-14-6-3-2-4-7-14)20-15(13)21(16(12)23)8-5-9-22/h10-11,14,22H,2-9H2,1H3,(H,18,19,20). The van der Waals surface area contributed by atoms with Gasteiger partial charge in [0.05, 0.1) is 0 Å². The van der Waals surface area contributed by atoms with Crippen LogP contribution in [0.4, 0.5) is 5.95 Å². The number of hydrogen-bond donors (Lipinski definition) is 2. The van der Waals surface area contributed by atoms with Crippen LogP contribution in [0.15, 0.2) is 17.1 Å². The lowest BCUT2D eigenvalue weighted by Gasteiger charge is -2.22. The van der Waals surface area contributed by atoms with Gasteiger partial charge < -0.3 is 10.4 Å². The molecule has 0 amide bonds. The molecule has 6 heteroatoms. The SMILES string of the molecule is Cc1cc2cnc(NC3CCCCC3)nc2n(CCCO)c1=O. The number of aryl methyl sites for hydroxylation is 2. The zero-order valence-corrected chi connectivity index (χ0v) is 13.6. The molecule has 0 saturated heterocycles. The monoisotopic (exact) mass is 316 g/mol. The number of hydrogen-bond acceptors (Lipinski definition) is 5. The van der Waals surface area contributed by atoms with Crippen LogP contribution in [-0.2, 0) is 6.54 Å². The molecule has 124 valence electrons. The first-order valence-electron chi connectivity index (χ1n) is 8.43. The van der Waals surface area contributed by atoms with Crippen molar-refractivity contribution in [1.82, 2.24) is 14.5 Å². The summed E-state index contributed by atoms with van der Waals surface area (Å²) in [6.07, 6.45) is 8.39. The van der Waals surface area contributed by atoms with E-state index in [2.05, 4.69) is 15.3 Å². The van der Waals surface area contributed by atoms with Gasteiger partial charge in [0.2, 0.25) is 5.95 Å². The number of nitrogens with one attached hydrogen (secondary N) is 1. The Morgan fingerprint density at radius 2 is 2.13 bits per heavy atom. The van der Waals surface area contributed by atoms with Gasteiger partial charge in [-0.15, -0.1) is 0 Å². The number of anilines is 1. The van der Waals surface area contributed by atoms with Gasteiger partial charge in [-0.2, -0.15) is 4.98 Å². The van der Waals surface area contributed by atoms with Crippen LogP contribution >= 0.6 is 0 Å². The van der Waals surface area contributed by atoms with E-state index in [9.17, 15) is 4.79 Å². The van der Waals surface area contributed by atoms with E-state index >= 15 is 0 Å². The topological polar surface area (TPSA) is 80.0 Å². The molecule has 2 aromatic heterocycles. The maximum absolute atomic E-state index is 12.4. The summed E-state index contributed by atoms with van der Waals surface area (Å²) in [5, 5.41) is 13.3. The van der Waals surface area contributed by atoms with Crippen molar-refractivity contribution in [2.75, 3.05) is 11.9 Å². The Hall–Kier alpha value is -1.95. The molecule has 1 aliphatic carbocycles. The maximum Gasteiger partial charge on any atom is 0.255 e. The second-order valence-electron chi connectivity index (χ2n) is 6.31. The van der Waals surface area contributed by atoms with Gasteiger partial charge >= 0.3 is 0 Å². The summed E-state index contributed by atoms with van der Waals surface area (Å²) >= 11 is 0. The van der Waals surface area contributed by atoms with Crippen LogP contribution in [0, 0.1) is 6.92 Å². The number of aliphatic hydroxyl groups is 1. The van der Waals surface area contributed by atoms with Gasteiger partial charge in [-0.05, 0) is 32.3 Å².